The molecule has 100 valence electrons. The van der Waals surface area contributed by atoms with Crippen molar-refractivity contribution in [2.24, 2.45) is 0 Å². The predicted octanol–water partition coefficient (Wildman–Crippen LogP) is 3.61. The number of aryl methyl sites for hydroxylation is 3. The molecular formula is C16H17FO2. The van der Waals surface area contributed by atoms with Gasteiger partial charge in [-0.2, -0.15) is 0 Å². The predicted molar refractivity (Wildman–Crippen MR) is 70.5 cm³/mol. The van der Waals surface area contributed by atoms with Crippen molar-refractivity contribution in [2.75, 3.05) is 0 Å². The molecule has 2 aromatic rings. The Morgan fingerprint density at radius 3 is 2.84 bits per heavy atom. The molecule has 3 heteroatoms. The number of fused-ring (bicyclic) bond motifs is 1. The highest BCUT2D eigenvalue weighted by Gasteiger charge is 2.40. The van der Waals surface area contributed by atoms with Crippen molar-refractivity contribution in [3.8, 4) is 0 Å². The maximum atomic E-state index is 14.4. The zero-order chi connectivity index (χ0) is 13.6. The average Bonchev–Trinajstić information content (AvgIpc) is 2.77. The van der Waals surface area contributed by atoms with Crippen molar-refractivity contribution in [1.29, 1.82) is 0 Å². The molecule has 19 heavy (non-hydrogen) atoms. The van der Waals surface area contributed by atoms with Crippen molar-refractivity contribution < 1.29 is 13.9 Å². The molecule has 1 aromatic heterocycles. The Balaban J connectivity index is 2.23. The van der Waals surface area contributed by atoms with E-state index in [4.69, 9.17) is 4.42 Å². The highest BCUT2D eigenvalue weighted by atomic mass is 19.1. The number of halogens is 1. The molecule has 3 rings (SSSR count). The zero-order valence-corrected chi connectivity index (χ0v) is 11.2. The summed E-state index contributed by atoms with van der Waals surface area (Å²) in [7, 11) is 0. The molecule has 1 unspecified atom stereocenters. The van der Waals surface area contributed by atoms with Crippen molar-refractivity contribution >= 4 is 0 Å². The van der Waals surface area contributed by atoms with Gasteiger partial charge in [0.15, 0.2) is 0 Å². The minimum absolute atomic E-state index is 0.339. The van der Waals surface area contributed by atoms with Crippen LogP contribution < -0.4 is 0 Å². The quantitative estimate of drug-likeness (QED) is 0.849. The second-order valence-corrected chi connectivity index (χ2v) is 5.41. The van der Waals surface area contributed by atoms with E-state index in [1.54, 1.807) is 12.3 Å². The lowest BCUT2D eigenvalue weighted by Gasteiger charge is -2.33. The lowest BCUT2D eigenvalue weighted by molar-refractivity contribution is 0.0546. The summed E-state index contributed by atoms with van der Waals surface area (Å²) < 4.78 is 19.7. The summed E-state index contributed by atoms with van der Waals surface area (Å²) in [4.78, 5) is 0. The van der Waals surface area contributed by atoms with Crippen LogP contribution in [0.5, 0.6) is 0 Å². The molecule has 0 saturated carbocycles. The molecule has 1 aliphatic carbocycles. The number of hydrogen-bond donors (Lipinski definition) is 1. The Morgan fingerprint density at radius 2 is 2.11 bits per heavy atom. The molecule has 1 heterocycles. The van der Waals surface area contributed by atoms with E-state index in [9.17, 15) is 9.50 Å². The number of benzene rings is 1. The van der Waals surface area contributed by atoms with Gasteiger partial charge in [0.2, 0.25) is 0 Å². The van der Waals surface area contributed by atoms with E-state index in [2.05, 4.69) is 0 Å². The number of rotatable bonds is 1. The Bertz CT molecular complexity index is 606. The van der Waals surface area contributed by atoms with Crippen LogP contribution in [-0.4, -0.2) is 5.11 Å². The highest BCUT2D eigenvalue weighted by molar-refractivity contribution is 5.45. The summed E-state index contributed by atoms with van der Waals surface area (Å²) >= 11 is 0. The third-order valence-corrected chi connectivity index (χ3v) is 3.98. The Morgan fingerprint density at radius 1 is 1.32 bits per heavy atom. The molecule has 0 radical (unpaired) electrons. The lowest BCUT2D eigenvalue weighted by Crippen LogP contribution is -2.33. The lowest BCUT2D eigenvalue weighted by atomic mass is 9.76. The zero-order valence-electron chi connectivity index (χ0n) is 11.2. The van der Waals surface area contributed by atoms with Crippen molar-refractivity contribution in [2.45, 2.75) is 38.7 Å². The third-order valence-electron chi connectivity index (χ3n) is 3.98. The van der Waals surface area contributed by atoms with Gasteiger partial charge in [-0.15, -0.1) is 0 Å². The maximum absolute atomic E-state index is 14.4. The van der Waals surface area contributed by atoms with Crippen molar-refractivity contribution in [1.82, 2.24) is 0 Å². The summed E-state index contributed by atoms with van der Waals surface area (Å²) in [6, 6.07) is 5.15. The minimum Gasteiger partial charge on any atom is -0.469 e. The van der Waals surface area contributed by atoms with Gasteiger partial charge in [-0.3, -0.25) is 0 Å². The fraction of sp³-hybridized carbons (Fsp3) is 0.375. The normalized spacial score (nSPS) is 22.3. The first-order chi connectivity index (χ1) is 9.02. The molecule has 1 atom stereocenters. The largest absolute Gasteiger partial charge is 0.469 e. The fourth-order valence-corrected chi connectivity index (χ4v) is 3.24. The average molecular weight is 260 g/mol. The summed E-state index contributed by atoms with van der Waals surface area (Å²) in [6.45, 7) is 3.70. The molecule has 2 nitrogen and oxygen atoms in total. The standard InChI is InChI=1S/C16H17FO2/c1-10-8-11(2)15(13(17)9-10)16(18)6-3-4-14-12(16)5-7-19-14/h5,7-9,18H,3-4,6H2,1-2H3. The second kappa shape index (κ2) is 4.20. The smallest absolute Gasteiger partial charge is 0.130 e. The second-order valence-electron chi connectivity index (χ2n) is 5.41. The van der Waals surface area contributed by atoms with E-state index >= 15 is 0 Å². The fourth-order valence-electron chi connectivity index (χ4n) is 3.24. The number of aliphatic hydroxyl groups is 1. The van der Waals surface area contributed by atoms with Crippen LogP contribution in [0.25, 0.3) is 0 Å². The summed E-state index contributed by atoms with van der Waals surface area (Å²) in [5, 5.41) is 11.0. The van der Waals surface area contributed by atoms with E-state index in [0.717, 1.165) is 29.7 Å². The molecule has 0 saturated heterocycles. The van der Waals surface area contributed by atoms with Gasteiger partial charge in [-0.1, -0.05) is 6.07 Å². The first kappa shape index (κ1) is 12.4. The topological polar surface area (TPSA) is 33.4 Å². The van der Waals surface area contributed by atoms with Crippen LogP contribution in [0.15, 0.2) is 28.9 Å². The van der Waals surface area contributed by atoms with Gasteiger partial charge in [0.05, 0.1) is 6.26 Å². The van der Waals surface area contributed by atoms with Crippen LogP contribution in [0.2, 0.25) is 0 Å². The van der Waals surface area contributed by atoms with E-state index in [1.807, 2.05) is 19.9 Å². The Kier molecular flexibility index (Phi) is 2.75. The van der Waals surface area contributed by atoms with Gasteiger partial charge in [0.25, 0.3) is 0 Å². The van der Waals surface area contributed by atoms with E-state index in [-0.39, 0.29) is 5.82 Å². The molecular weight excluding hydrogens is 243 g/mol. The SMILES string of the molecule is Cc1cc(C)c(C2(O)CCCc3occc32)c(F)c1. The molecule has 0 amide bonds. The van der Waals surface area contributed by atoms with Gasteiger partial charge < -0.3 is 9.52 Å². The third kappa shape index (κ3) is 1.80. The Labute approximate surface area is 111 Å². The molecule has 0 fully saturated rings. The maximum Gasteiger partial charge on any atom is 0.130 e. The summed E-state index contributed by atoms with van der Waals surface area (Å²) in [5.74, 6) is 0.433. The molecule has 0 bridgehead atoms. The van der Waals surface area contributed by atoms with Gasteiger partial charge in [0, 0.05) is 17.5 Å². The van der Waals surface area contributed by atoms with Crippen LogP contribution in [0.4, 0.5) is 4.39 Å². The highest BCUT2D eigenvalue weighted by Crippen LogP contribution is 2.43. The van der Waals surface area contributed by atoms with Crippen LogP contribution in [-0.2, 0) is 12.0 Å². The monoisotopic (exact) mass is 260 g/mol. The van der Waals surface area contributed by atoms with Crippen LogP contribution >= 0.6 is 0 Å². The summed E-state index contributed by atoms with van der Waals surface area (Å²) in [5.41, 5.74) is 1.49. The van der Waals surface area contributed by atoms with Crippen LogP contribution in [0, 0.1) is 19.7 Å². The first-order valence-electron chi connectivity index (χ1n) is 6.59. The van der Waals surface area contributed by atoms with Crippen LogP contribution in [0.1, 0.15) is 40.9 Å². The van der Waals surface area contributed by atoms with Gasteiger partial charge in [-0.05, 0) is 49.9 Å². The van der Waals surface area contributed by atoms with E-state index < -0.39 is 5.60 Å². The van der Waals surface area contributed by atoms with E-state index in [0.29, 0.717) is 17.5 Å². The minimum atomic E-state index is -1.26. The van der Waals surface area contributed by atoms with Gasteiger partial charge in [-0.25, -0.2) is 4.39 Å². The molecule has 1 aliphatic rings. The van der Waals surface area contributed by atoms with Gasteiger partial charge in [0.1, 0.15) is 17.2 Å². The number of furan rings is 1. The summed E-state index contributed by atoms with van der Waals surface area (Å²) in [6.07, 6.45) is 3.70. The van der Waals surface area contributed by atoms with Crippen LogP contribution in [0.3, 0.4) is 0 Å². The molecule has 1 N–H and O–H groups in total. The molecule has 0 aliphatic heterocycles. The van der Waals surface area contributed by atoms with Gasteiger partial charge >= 0.3 is 0 Å². The van der Waals surface area contributed by atoms with Crippen molar-refractivity contribution in [3.63, 3.8) is 0 Å². The first-order valence-corrected chi connectivity index (χ1v) is 6.59. The molecule has 1 aromatic carbocycles. The number of hydrogen-bond acceptors (Lipinski definition) is 2. The Hall–Kier alpha value is -1.61. The molecule has 0 spiro atoms. The van der Waals surface area contributed by atoms with E-state index in [1.165, 1.54) is 6.07 Å². The van der Waals surface area contributed by atoms with Crippen molar-refractivity contribution in [3.05, 3.63) is 58.3 Å².